The maximum Gasteiger partial charge on any atom is 0.169 e. The van der Waals surface area contributed by atoms with E-state index in [0.717, 1.165) is 6.07 Å². The highest BCUT2D eigenvalue weighted by molar-refractivity contribution is 6.30. The number of carbonyl (C=O) groups excluding carboxylic acids is 1. The van der Waals surface area contributed by atoms with Crippen molar-refractivity contribution in [3.8, 4) is 11.5 Å². The van der Waals surface area contributed by atoms with Gasteiger partial charge in [0.25, 0.3) is 0 Å². The summed E-state index contributed by atoms with van der Waals surface area (Å²) >= 11 is 5.87. The van der Waals surface area contributed by atoms with Gasteiger partial charge in [0.05, 0.1) is 18.8 Å². The normalized spacial score (nSPS) is 10.4. The summed E-state index contributed by atoms with van der Waals surface area (Å²) in [5, 5.41) is 0.486. The van der Waals surface area contributed by atoms with Gasteiger partial charge in [-0.05, 0) is 24.3 Å². The molecular weight excluding hydrogens is 333 g/mol. The van der Waals surface area contributed by atoms with E-state index < -0.39 is 5.82 Å². The van der Waals surface area contributed by atoms with Gasteiger partial charge in [-0.1, -0.05) is 11.6 Å². The molecule has 3 rings (SSSR count). The van der Waals surface area contributed by atoms with E-state index in [2.05, 4.69) is 15.0 Å². The Hall–Kier alpha value is -2.86. The summed E-state index contributed by atoms with van der Waals surface area (Å²) in [4.78, 5) is 24.0. The van der Waals surface area contributed by atoms with Crippen molar-refractivity contribution in [2.75, 3.05) is 0 Å². The third-order valence-corrected chi connectivity index (χ3v) is 3.32. The topological polar surface area (TPSA) is 65.0 Å². The number of halogens is 2. The number of nitrogens with zero attached hydrogens (tertiary/aromatic N) is 3. The van der Waals surface area contributed by atoms with Crippen LogP contribution in [-0.2, 0) is 6.42 Å². The van der Waals surface area contributed by atoms with Gasteiger partial charge in [0, 0.05) is 28.5 Å². The number of carbonyl (C=O) groups is 1. The molecule has 0 amide bonds. The Kier molecular flexibility index (Phi) is 4.77. The molecule has 0 spiro atoms. The zero-order chi connectivity index (χ0) is 16.9. The first-order valence-electron chi connectivity index (χ1n) is 6.97. The van der Waals surface area contributed by atoms with Gasteiger partial charge in [-0.15, -0.1) is 0 Å². The molecule has 3 aromatic rings. The van der Waals surface area contributed by atoms with Gasteiger partial charge >= 0.3 is 0 Å². The van der Waals surface area contributed by atoms with Crippen molar-refractivity contribution in [1.82, 2.24) is 15.0 Å². The van der Waals surface area contributed by atoms with Crippen LogP contribution in [0, 0.1) is 5.82 Å². The van der Waals surface area contributed by atoms with Crippen LogP contribution in [0.15, 0.2) is 55.2 Å². The molecule has 0 fully saturated rings. The highest BCUT2D eigenvalue weighted by Gasteiger charge is 2.12. The highest BCUT2D eigenvalue weighted by atomic mass is 35.5. The van der Waals surface area contributed by atoms with Crippen molar-refractivity contribution >= 4 is 17.4 Å². The van der Waals surface area contributed by atoms with E-state index in [0.29, 0.717) is 16.5 Å². The molecule has 7 heteroatoms. The maximum atomic E-state index is 13.8. The van der Waals surface area contributed by atoms with E-state index >= 15 is 0 Å². The van der Waals surface area contributed by atoms with Gasteiger partial charge in [0.15, 0.2) is 11.5 Å². The summed E-state index contributed by atoms with van der Waals surface area (Å²) in [5.74, 6) is -0.338. The summed E-state index contributed by atoms with van der Waals surface area (Å²) < 4.78 is 19.3. The summed E-state index contributed by atoms with van der Waals surface area (Å²) in [6.45, 7) is 0. The van der Waals surface area contributed by atoms with E-state index in [4.69, 9.17) is 16.3 Å². The standard InChI is InChI=1S/C17H11ClFN3O2/c18-12-1-2-22-14(5-12)7-17(23)11-3-13(19)6-15(4-11)24-16-8-20-10-21-9-16/h1-6,8-10H,7H2. The minimum absolute atomic E-state index is 0.0118. The van der Waals surface area contributed by atoms with Gasteiger partial charge < -0.3 is 4.74 Å². The van der Waals surface area contributed by atoms with Crippen molar-refractivity contribution < 1.29 is 13.9 Å². The van der Waals surface area contributed by atoms with Crippen molar-refractivity contribution in [2.24, 2.45) is 0 Å². The Morgan fingerprint density at radius 1 is 1.12 bits per heavy atom. The fourth-order valence-electron chi connectivity index (χ4n) is 2.07. The van der Waals surface area contributed by atoms with E-state index in [1.807, 2.05) is 0 Å². The zero-order valence-electron chi connectivity index (χ0n) is 12.3. The molecule has 2 heterocycles. The van der Waals surface area contributed by atoms with Crippen molar-refractivity contribution in [1.29, 1.82) is 0 Å². The van der Waals surface area contributed by atoms with E-state index in [9.17, 15) is 9.18 Å². The number of aromatic nitrogens is 3. The van der Waals surface area contributed by atoms with Gasteiger partial charge in [-0.3, -0.25) is 9.78 Å². The molecule has 0 bridgehead atoms. The Morgan fingerprint density at radius 2 is 1.92 bits per heavy atom. The summed E-state index contributed by atoms with van der Waals surface area (Å²) in [5.41, 5.74) is 0.694. The van der Waals surface area contributed by atoms with Gasteiger partial charge in [-0.25, -0.2) is 14.4 Å². The lowest BCUT2D eigenvalue weighted by Crippen LogP contribution is -2.06. The van der Waals surface area contributed by atoms with Gasteiger partial charge in [-0.2, -0.15) is 0 Å². The largest absolute Gasteiger partial charge is 0.454 e. The second kappa shape index (κ2) is 7.14. The molecule has 0 atom stereocenters. The van der Waals surface area contributed by atoms with Crippen LogP contribution < -0.4 is 4.74 Å². The maximum absolute atomic E-state index is 13.8. The highest BCUT2D eigenvalue weighted by Crippen LogP contribution is 2.23. The summed E-state index contributed by atoms with van der Waals surface area (Å²) in [6.07, 6.45) is 5.76. The van der Waals surface area contributed by atoms with Gasteiger partial charge in [0.1, 0.15) is 17.9 Å². The lowest BCUT2D eigenvalue weighted by atomic mass is 10.1. The summed E-state index contributed by atoms with van der Waals surface area (Å²) in [6, 6.07) is 7.01. The second-order valence-electron chi connectivity index (χ2n) is 4.92. The number of pyridine rings is 1. The molecule has 0 saturated heterocycles. The van der Waals surface area contributed by atoms with Gasteiger partial charge in [0.2, 0.25) is 0 Å². The molecule has 0 radical (unpaired) electrons. The summed E-state index contributed by atoms with van der Waals surface area (Å²) in [7, 11) is 0. The molecule has 5 nitrogen and oxygen atoms in total. The smallest absolute Gasteiger partial charge is 0.169 e. The van der Waals surface area contributed by atoms with Crippen LogP contribution in [0.5, 0.6) is 11.5 Å². The van der Waals surface area contributed by atoms with Crippen molar-refractivity contribution in [3.63, 3.8) is 0 Å². The minimum Gasteiger partial charge on any atom is -0.454 e. The van der Waals surface area contributed by atoms with Crippen LogP contribution in [0.3, 0.4) is 0 Å². The first kappa shape index (κ1) is 16.0. The average molecular weight is 344 g/mol. The molecule has 0 unspecified atom stereocenters. The van der Waals surface area contributed by atoms with Crippen LogP contribution in [-0.4, -0.2) is 20.7 Å². The van der Waals surface area contributed by atoms with E-state index in [-0.39, 0.29) is 23.5 Å². The number of Topliss-reactive ketones (excluding diaryl/α,β-unsaturated/α-hetero) is 1. The first-order valence-corrected chi connectivity index (χ1v) is 7.35. The lowest BCUT2D eigenvalue weighted by Gasteiger charge is -2.07. The molecule has 0 aliphatic carbocycles. The fraction of sp³-hybridized carbons (Fsp3) is 0.0588. The van der Waals surface area contributed by atoms with E-state index in [1.165, 1.54) is 37.1 Å². The zero-order valence-corrected chi connectivity index (χ0v) is 13.1. The third-order valence-electron chi connectivity index (χ3n) is 3.09. The molecule has 0 aliphatic heterocycles. The molecule has 1 aromatic carbocycles. The quantitative estimate of drug-likeness (QED) is 0.658. The SMILES string of the molecule is O=C(Cc1cc(Cl)ccn1)c1cc(F)cc(Oc2cncnc2)c1. The monoisotopic (exact) mass is 343 g/mol. The Balaban J connectivity index is 1.81. The number of ether oxygens (including phenoxy) is 1. The van der Waals surface area contributed by atoms with Crippen LogP contribution >= 0.6 is 11.6 Å². The minimum atomic E-state index is -0.577. The molecular formula is C17H11ClFN3O2. The van der Waals surface area contributed by atoms with Crippen LogP contribution in [0.2, 0.25) is 5.02 Å². The molecule has 2 aromatic heterocycles. The predicted molar refractivity (Wildman–Crippen MR) is 85.8 cm³/mol. The predicted octanol–water partition coefficient (Wildman–Crippen LogP) is 3.88. The van der Waals surface area contributed by atoms with E-state index in [1.54, 1.807) is 12.1 Å². The third kappa shape index (κ3) is 4.11. The molecule has 0 N–H and O–H groups in total. The number of ketones is 1. The Bertz CT molecular complexity index is 875. The Labute approximate surface area is 142 Å². The molecule has 120 valence electrons. The average Bonchev–Trinajstić information content (AvgIpc) is 2.55. The number of benzene rings is 1. The van der Waals surface area contributed by atoms with Crippen molar-refractivity contribution in [3.05, 3.63) is 77.3 Å². The first-order chi connectivity index (χ1) is 11.6. The van der Waals surface area contributed by atoms with Crippen LogP contribution in [0.25, 0.3) is 0 Å². The number of hydrogen-bond donors (Lipinski definition) is 0. The molecule has 0 aliphatic rings. The van der Waals surface area contributed by atoms with Crippen molar-refractivity contribution in [2.45, 2.75) is 6.42 Å². The number of hydrogen-bond acceptors (Lipinski definition) is 5. The lowest BCUT2D eigenvalue weighted by molar-refractivity contribution is 0.0991. The second-order valence-corrected chi connectivity index (χ2v) is 5.35. The fourth-order valence-corrected chi connectivity index (χ4v) is 2.25. The Morgan fingerprint density at radius 3 is 2.67 bits per heavy atom. The van der Waals surface area contributed by atoms with Crippen LogP contribution in [0.4, 0.5) is 4.39 Å². The molecule has 24 heavy (non-hydrogen) atoms. The number of rotatable bonds is 5. The van der Waals surface area contributed by atoms with Crippen LogP contribution in [0.1, 0.15) is 16.1 Å². The molecule has 0 saturated carbocycles.